The van der Waals surface area contributed by atoms with Crippen molar-refractivity contribution in [2.24, 2.45) is 0 Å². The normalized spacial score (nSPS) is 15.8. The van der Waals surface area contributed by atoms with Gasteiger partial charge in [-0.1, -0.05) is 23.8 Å². The molecule has 3 heterocycles. The number of fused-ring (bicyclic) bond motifs is 1. The van der Waals surface area contributed by atoms with Crippen LogP contribution >= 0.6 is 0 Å². The molecule has 1 amide bonds. The summed E-state index contributed by atoms with van der Waals surface area (Å²) in [5.41, 5.74) is 1.97. The number of hydrogen-bond acceptors (Lipinski definition) is 5. The SMILES string of the molecule is Cc1ccc(Oc2ccc(OCC(=O)N3CCCC3c3nnc4ccccn34)cc2)cc1. The van der Waals surface area contributed by atoms with Gasteiger partial charge < -0.3 is 14.4 Å². The van der Waals surface area contributed by atoms with E-state index >= 15 is 0 Å². The number of aromatic nitrogens is 3. The molecule has 2 aromatic heterocycles. The highest BCUT2D eigenvalue weighted by Gasteiger charge is 2.33. The molecule has 7 nitrogen and oxygen atoms in total. The van der Waals surface area contributed by atoms with Crippen molar-refractivity contribution in [1.82, 2.24) is 19.5 Å². The van der Waals surface area contributed by atoms with Crippen LogP contribution in [0.5, 0.6) is 17.2 Å². The molecule has 5 rings (SSSR count). The van der Waals surface area contributed by atoms with Crippen molar-refractivity contribution in [2.75, 3.05) is 13.2 Å². The lowest BCUT2D eigenvalue weighted by Crippen LogP contribution is -2.35. The quantitative estimate of drug-likeness (QED) is 0.450. The van der Waals surface area contributed by atoms with Crippen LogP contribution in [0.3, 0.4) is 0 Å². The molecule has 0 saturated carbocycles. The number of nitrogens with zero attached hydrogens (tertiary/aromatic N) is 4. The molecule has 1 unspecified atom stereocenters. The number of hydrogen-bond donors (Lipinski definition) is 0. The summed E-state index contributed by atoms with van der Waals surface area (Å²) in [6.45, 7) is 2.71. The fraction of sp³-hybridized carbons (Fsp3) is 0.240. The number of aryl methyl sites for hydroxylation is 1. The van der Waals surface area contributed by atoms with Crippen molar-refractivity contribution in [3.8, 4) is 17.2 Å². The van der Waals surface area contributed by atoms with Crippen LogP contribution in [0.15, 0.2) is 72.9 Å². The first-order valence-corrected chi connectivity index (χ1v) is 10.7. The van der Waals surface area contributed by atoms with Crippen LogP contribution in [0, 0.1) is 6.92 Å². The van der Waals surface area contributed by atoms with Gasteiger partial charge >= 0.3 is 0 Å². The van der Waals surface area contributed by atoms with Crippen LogP contribution in [0.4, 0.5) is 0 Å². The first kappa shape index (κ1) is 20.1. The maximum absolute atomic E-state index is 12.9. The Bertz CT molecular complexity index is 1220. The minimum Gasteiger partial charge on any atom is -0.484 e. The van der Waals surface area contributed by atoms with Crippen molar-refractivity contribution in [2.45, 2.75) is 25.8 Å². The van der Waals surface area contributed by atoms with Crippen LogP contribution in [0.2, 0.25) is 0 Å². The molecule has 0 radical (unpaired) electrons. The zero-order valence-electron chi connectivity index (χ0n) is 17.8. The van der Waals surface area contributed by atoms with Crippen LogP contribution < -0.4 is 9.47 Å². The van der Waals surface area contributed by atoms with E-state index in [0.29, 0.717) is 18.0 Å². The Kier molecular flexibility index (Phi) is 5.46. The fourth-order valence-electron chi connectivity index (χ4n) is 4.00. The zero-order chi connectivity index (χ0) is 21.9. The molecule has 162 valence electrons. The van der Waals surface area contributed by atoms with Gasteiger partial charge in [-0.2, -0.15) is 0 Å². The second-order valence-corrected chi connectivity index (χ2v) is 7.91. The molecular formula is C25H24N4O3. The topological polar surface area (TPSA) is 69.0 Å². The Balaban J connectivity index is 1.21. The van der Waals surface area contributed by atoms with Crippen LogP contribution in [0.25, 0.3) is 5.65 Å². The van der Waals surface area contributed by atoms with Gasteiger partial charge in [-0.05, 0) is 68.3 Å². The molecule has 1 fully saturated rings. The van der Waals surface area contributed by atoms with Gasteiger partial charge in [0, 0.05) is 12.7 Å². The molecule has 4 aromatic rings. The van der Waals surface area contributed by atoms with Crippen molar-refractivity contribution in [1.29, 1.82) is 0 Å². The van der Waals surface area contributed by atoms with E-state index in [-0.39, 0.29) is 18.6 Å². The second kappa shape index (κ2) is 8.70. The number of ether oxygens (including phenoxy) is 2. The molecule has 32 heavy (non-hydrogen) atoms. The molecule has 1 aliphatic heterocycles. The first-order valence-electron chi connectivity index (χ1n) is 10.7. The van der Waals surface area contributed by atoms with E-state index in [9.17, 15) is 4.79 Å². The summed E-state index contributed by atoms with van der Waals surface area (Å²) in [6, 6.07) is 20.9. The summed E-state index contributed by atoms with van der Waals surface area (Å²) in [6.07, 6.45) is 3.73. The van der Waals surface area contributed by atoms with Gasteiger partial charge in [-0.15, -0.1) is 10.2 Å². The van der Waals surface area contributed by atoms with Gasteiger partial charge in [0.1, 0.15) is 17.2 Å². The third-order valence-electron chi connectivity index (χ3n) is 5.65. The zero-order valence-corrected chi connectivity index (χ0v) is 17.8. The molecule has 7 heteroatoms. The van der Waals surface area contributed by atoms with E-state index in [4.69, 9.17) is 9.47 Å². The smallest absolute Gasteiger partial charge is 0.261 e. The first-order chi connectivity index (χ1) is 15.7. The number of likely N-dealkylation sites (tertiary alicyclic amines) is 1. The summed E-state index contributed by atoms with van der Waals surface area (Å²) in [5, 5.41) is 8.57. The van der Waals surface area contributed by atoms with E-state index in [1.165, 1.54) is 5.56 Å². The van der Waals surface area contributed by atoms with Gasteiger partial charge in [0.2, 0.25) is 0 Å². The third-order valence-corrected chi connectivity index (χ3v) is 5.65. The number of rotatable bonds is 6. The predicted octanol–water partition coefficient (Wildman–Crippen LogP) is 4.57. The monoisotopic (exact) mass is 428 g/mol. The molecular weight excluding hydrogens is 404 g/mol. The summed E-state index contributed by atoms with van der Waals surface area (Å²) in [7, 11) is 0. The highest BCUT2D eigenvalue weighted by atomic mass is 16.5. The number of amides is 1. The lowest BCUT2D eigenvalue weighted by atomic mass is 10.2. The van der Waals surface area contributed by atoms with E-state index in [0.717, 1.165) is 30.1 Å². The summed E-state index contributed by atoms with van der Waals surface area (Å²) in [5.74, 6) is 2.86. The van der Waals surface area contributed by atoms with Crippen LogP contribution in [-0.4, -0.2) is 38.6 Å². The maximum Gasteiger partial charge on any atom is 0.261 e. The molecule has 0 aliphatic carbocycles. The van der Waals surface area contributed by atoms with Gasteiger partial charge in [0.25, 0.3) is 5.91 Å². The van der Waals surface area contributed by atoms with E-state index in [1.54, 1.807) is 0 Å². The van der Waals surface area contributed by atoms with Crippen molar-refractivity contribution < 1.29 is 14.3 Å². The van der Waals surface area contributed by atoms with Gasteiger partial charge in [-0.3, -0.25) is 9.20 Å². The number of pyridine rings is 1. The Labute approximate surface area is 186 Å². The second-order valence-electron chi connectivity index (χ2n) is 7.91. The predicted molar refractivity (Wildman–Crippen MR) is 120 cm³/mol. The highest BCUT2D eigenvalue weighted by molar-refractivity contribution is 5.78. The Morgan fingerprint density at radius 2 is 1.69 bits per heavy atom. The molecule has 1 aliphatic rings. The lowest BCUT2D eigenvalue weighted by Gasteiger charge is -2.23. The fourth-order valence-corrected chi connectivity index (χ4v) is 4.00. The largest absolute Gasteiger partial charge is 0.484 e. The van der Waals surface area contributed by atoms with E-state index in [1.807, 2.05) is 89.2 Å². The average Bonchev–Trinajstić information content (AvgIpc) is 3.47. The van der Waals surface area contributed by atoms with Crippen LogP contribution in [-0.2, 0) is 4.79 Å². The number of carbonyl (C=O) groups excluding carboxylic acids is 1. The summed E-state index contributed by atoms with van der Waals surface area (Å²) < 4.78 is 13.6. The molecule has 1 saturated heterocycles. The average molecular weight is 428 g/mol. The molecule has 0 N–H and O–H groups in total. The number of benzene rings is 2. The summed E-state index contributed by atoms with van der Waals surface area (Å²) >= 11 is 0. The molecule has 0 spiro atoms. The molecule has 1 atom stereocenters. The van der Waals surface area contributed by atoms with Gasteiger partial charge in [-0.25, -0.2) is 0 Å². The third kappa shape index (κ3) is 4.14. The highest BCUT2D eigenvalue weighted by Crippen LogP contribution is 2.31. The Hall–Kier alpha value is -3.87. The Morgan fingerprint density at radius 3 is 2.47 bits per heavy atom. The molecule has 2 aromatic carbocycles. The standard InChI is InChI=1S/C25H24N4O3/c1-18-7-9-20(10-8-18)32-21-13-11-19(12-14-21)31-17-24(30)28-16-4-5-22(28)25-27-26-23-6-2-3-15-29(23)25/h2-3,6-15,22H,4-5,16-17H2,1H3. The maximum atomic E-state index is 12.9. The van der Waals surface area contributed by atoms with Crippen molar-refractivity contribution in [3.63, 3.8) is 0 Å². The number of carbonyl (C=O) groups is 1. The summed E-state index contributed by atoms with van der Waals surface area (Å²) in [4.78, 5) is 14.8. The van der Waals surface area contributed by atoms with E-state index in [2.05, 4.69) is 10.2 Å². The van der Waals surface area contributed by atoms with E-state index < -0.39 is 0 Å². The van der Waals surface area contributed by atoms with Gasteiger partial charge in [0.05, 0.1) is 6.04 Å². The minimum absolute atomic E-state index is 0.0224. The van der Waals surface area contributed by atoms with Crippen LogP contribution in [0.1, 0.15) is 30.3 Å². The minimum atomic E-state index is -0.0891. The molecule has 0 bridgehead atoms. The lowest BCUT2D eigenvalue weighted by molar-refractivity contribution is -0.134. The van der Waals surface area contributed by atoms with Gasteiger partial charge in [0.15, 0.2) is 18.1 Å². The van der Waals surface area contributed by atoms with Crippen molar-refractivity contribution >= 4 is 11.6 Å². The van der Waals surface area contributed by atoms with Crippen molar-refractivity contribution in [3.05, 3.63) is 84.3 Å². The Morgan fingerprint density at radius 1 is 0.969 bits per heavy atom.